The Morgan fingerprint density at radius 1 is 1.00 bits per heavy atom. The van der Waals surface area contributed by atoms with Crippen molar-refractivity contribution in [2.75, 3.05) is 17.7 Å². The van der Waals surface area contributed by atoms with Crippen molar-refractivity contribution in [2.45, 2.75) is 26.2 Å². The predicted molar refractivity (Wildman–Crippen MR) is 88.7 cm³/mol. The fourth-order valence-electron chi connectivity index (χ4n) is 2.41. The van der Waals surface area contributed by atoms with Crippen molar-refractivity contribution in [2.24, 2.45) is 0 Å². The number of carbonyl (C=O) groups is 1. The second kappa shape index (κ2) is 5.60. The molecule has 3 nitrogen and oxygen atoms in total. The number of hydrogen-bond donors (Lipinski definition) is 1. The van der Waals surface area contributed by atoms with E-state index in [1.54, 1.807) is 18.0 Å². The van der Waals surface area contributed by atoms with Gasteiger partial charge in [-0.25, -0.2) is 0 Å². The topological polar surface area (TPSA) is 46.3 Å². The molecule has 0 radical (unpaired) electrons. The van der Waals surface area contributed by atoms with Crippen LogP contribution in [0.1, 0.15) is 36.7 Å². The summed E-state index contributed by atoms with van der Waals surface area (Å²) in [4.78, 5) is 14.4. The van der Waals surface area contributed by atoms with Crippen molar-refractivity contribution in [3.05, 3.63) is 59.7 Å². The van der Waals surface area contributed by atoms with Gasteiger partial charge in [-0.2, -0.15) is 0 Å². The molecule has 2 aromatic rings. The molecular weight excluding hydrogens is 260 g/mol. The Morgan fingerprint density at radius 3 is 2.19 bits per heavy atom. The molecule has 0 aromatic heterocycles. The normalized spacial score (nSPS) is 11.2. The molecule has 21 heavy (non-hydrogen) atoms. The summed E-state index contributed by atoms with van der Waals surface area (Å²) in [5.74, 6) is -0.0431. The Hall–Kier alpha value is -2.29. The Labute approximate surface area is 126 Å². The highest BCUT2D eigenvalue weighted by atomic mass is 16.2. The first-order valence-electron chi connectivity index (χ1n) is 7.04. The second-order valence-corrected chi connectivity index (χ2v) is 6.22. The quantitative estimate of drug-likeness (QED) is 0.851. The van der Waals surface area contributed by atoms with Gasteiger partial charge in [-0.1, -0.05) is 51.1 Å². The predicted octanol–water partition coefficient (Wildman–Crippen LogP) is 3.84. The third-order valence-corrected chi connectivity index (χ3v) is 3.57. The van der Waals surface area contributed by atoms with E-state index >= 15 is 0 Å². The minimum atomic E-state index is -0.0880. The van der Waals surface area contributed by atoms with E-state index in [4.69, 9.17) is 5.73 Å². The number of benzene rings is 2. The monoisotopic (exact) mass is 282 g/mol. The zero-order chi connectivity index (χ0) is 15.6. The number of hydrogen-bond acceptors (Lipinski definition) is 2. The van der Waals surface area contributed by atoms with E-state index in [-0.39, 0.29) is 11.3 Å². The standard InChI is InChI=1S/C18H22N2O/c1-18(2,3)14-10-6-5-9-13(14)17(21)20(4)16-12-8-7-11-15(16)19/h5-12H,19H2,1-4H3. The summed E-state index contributed by atoms with van der Waals surface area (Å²) in [6.07, 6.45) is 0. The van der Waals surface area contributed by atoms with Crippen molar-refractivity contribution in [1.82, 2.24) is 0 Å². The largest absolute Gasteiger partial charge is 0.397 e. The van der Waals surface area contributed by atoms with Gasteiger partial charge < -0.3 is 10.6 Å². The summed E-state index contributed by atoms with van der Waals surface area (Å²) in [5, 5.41) is 0. The lowest BCUT2D eigenvalue weighted by atomic mass is 9.83. The number of nitrogens with zero attached hydrogens (tertiary/aromatic N) is 1. The Morgan fingerprint density at radius 2 is 1.57 bits per heavy atom. The molecule has 0 aliphatic heterocycles. The zero-order valence-electron chi connectivity index (χ0n) is 13.1. The fraction of sp³-hybridized carbons (Fsp3) is 0.278. The van der Waals surface area contributed by atoms with Crippen LogP contribution in [0.3, 0.4) is 0 Å². The van der Waals surface area contributed by atoms with Crippen LogP contribution in [0.15, 0.2) is 48.5 Å². The molecule has 0 aliphatic rings. The molecule has 0 aliphatic carbocycles. The highest BCUT2D eigenvalue weighted by Gasteiger charge is 2.24. The summed E-state index contributed by atoms with van der Waals surface area (Å²) in [7, 11) is 1.76. The van der Waals surface area contributed by atoms with E-state index in [1.807, 2.05) is 42.5 Å². The van der Waals surface area contributed by atoms with Crippen molar-refractivity contribution < 1.29 is 4.79 Å². The van der Waals surface area contributed by atoms with Crippen LogP contribution in [-0.4, -0.2) is 13.0 Å². The molecule has 2 rings (SSSR count). The van der Waals surface area contributed by atoms with Gasteiger partial charge >= 0.3 is 0 Å². The Kier molecular flexibility index (Phi) is 4.03. The van der Waals surface area contributed by atoms with Gasteiger partial charge in [-0.05, 0) is 29.2 Å². The zero-order valence-corrected chi connectivity index (χ0v) is 13.1. The van der Waals surface area contributed by atoms with Gasteiger partial charge in [0.25, 0.3) is 5.91 Å². The van der Waals surface area contributed by atoms with Crippen LogP contribution in [0, 0.1) is 0 Å². The first-order chi connectivity index (χ1) is 9.82. The lowest BCUT2D eigenvalue weighted by Gasteiger charge is -2.25. The maximum atomic E-state index is 12.8. The van der Waals surface area contributed by atoms with Crippen molar-refractivity contribution in [3.8, 4) is 0 Å². The molecule has 0 unspecified atom stereocenters. The van der Waals surface area contributed by atoms with Gasteiger partial charge in [0.2, 0.25) is 0 Å². The summed E-state index contributed by atoms with van der Waals surface area (Å²) >= 11 is 0. The average molecular weight is 282 g/mol. The van der Waals surface area contributed by atoms with Gasteiger partial charge in [-0.3, -0.25) is 4.79 Å². The smallest absolute Gasteiger partial charge is 0.258 e. The van der Waals surface area contributed by atoms with Crippen LogP contribution in [0.5, 0.6) is 0 Å². The second-order valence-electron chi connectivity index (χ2n) is 6.22. The molecular formula is C18H22N2O. The van der Waals surface area contributed by atoms with Crippen LogP contribution in [0.2, 0.25) is 0 Å². The Bertz CT molecular complexity index is 656. The fourth-order valence-corrected chi connectivity index (χ4v) is 2.41. The van der Waals surface area contributed by atoms with E-state index in [9.17, 15) is 4.79 Å². The summed E-state index contributed by atoms with van der Waals surface area (Å²) < 4.78 is 0. The highest BCUT2D eigenvalue weighted by molar-refractivity contribution is 6.08. The molecule has 2 aromatic carbocycles. The lowest BCUT2D eigenvalue weighted by Crippen LogP contribution is -2.29. The van der Waals surface area contributed by atoms with E-state index in [0.29, 0.717) is 5.69 Å². The molecule has 0 heterocycles. The van der Waals surface area contributed by atoms with E-state index in [2.05, 4.69) is 20.8 Å². The average Bonchev–Trinajstić information content (AvgIpc) is 2.45. The third kappa shape index (κ3) is 3.07. The number of nitrogen functional groups attached to an aromatic ring is 1. The number of carbonyl (C=O) groups excluding carboxylic acids is 1. The van der Waals surface area contributed by atoms with Crippen LogP contribution < -0.4 is 10.6 Å². The molecule has 0 fully saturated rings. The molecule has 1 amide bonds. The Balaban J connectivity index is 2.44. The number of amides is 1. The molecule has 0 bridgehead atoms. The maximum absolute atomic E-state index is 12.8. The number of rotatable bonds is 2. The van der Waals surface area contributed by atoms with Gasteiger partial charge in [0, 0.05) is 12.6 Å². The van der Waals surface area contributed by atoms with Gasteiger partial charge in [0.1, 0.15) is 0 Å². The van der Waals surface area contributed by atoms with Gasteiger partial charge in [0.05, 0.1) is 11.4 Å². The van der Waals surface area contributed by atoms with Crippen molar-refractivity contribution in [3.63, 3.8) is 0 Å². The number of para-hydroxylation sites is 2. The molecule has 2 N–H and O–H groups in total. The number of nitrogens with two attached hydrogens (primary N) is 1. The SMILES string of the molecule is CN(C(=O)c1ccccc1C(C)(C)C)c1ccccc1N. The number of anilines is 2. The molecule has 0 saturated heterocycles. The first kappa shape index (κ1) is 15.1. The van der Waals surface area contributed by atoms with Crippen LogP contribution in [-0.2, 0) is 5.41 Å². The minimum absolute atomic E-state index is 0.0431. The summed E-state index contributed by atoms with van der Waals surface area (Å²) in [5.41, 5.74) is 8.96. The molecule has 0 atom stereocenters. The third-order valence-electron chi connectivity index (χ3n) is 3.57. The minimum Gasteiger partial charge on any atom is -0.397 e. The lowest BCUT2D eigenvalue weighted by molar-refractivity contribution is 0.0991. The van der Waals surface area contributed by atoms with Crippen LogP contribution in [0.25, 0.3) is 0 Å². The van der Waals surface area contributed by atoms with Gasteiger partial charge in [-0.15, -0.1) is 0 Å². The van der Waals surface area contributed by atoms with E-state index < -0.39 is 0 Å². The van der Waals surface area contributed by atoms with Crippen LogP contribution >= 0.6 is 0 Å². The molecule has 110 valence electrons. The highest BCUT2D eigenvalue weighted by Crippen LogP contribution is 2.29. The van der Waals surface area contributed by atoms with Gasteiger partial charge in [0.15, 0.2) is 0 Å². The maximum Gasteiger partial charge on any atom is 0.258 e. The van der Waals surface area contributed by atoms with Crippen molar-refractivity contribution in [1.29, 1.82) is 0 Å². The first-order valence-corrected chi connectivity index (χ1v) is 7.04. The molecule has 0 spiro atoms. The molecule has 0 saturated carbocycles. The molecule has 3 heteroatoms. The summed E-state index contributed by atoms with van der Waals surface area (Å²) in [6, 6.07) is 15.1. The van der Waals surface area contributed by atoms with Crippen molar-refractivity contribution >= 4 is 17.3 Å². The summed E-state index contributed by atoms with van der Waals surface area (Å²) in [6.45, 7) is 6.32. The van der Waals surface area contributed by atoms with Crippen LogP contribution in [0.4, 0.5) is 11.4 Å². The van der Waals surface area contributed by atoms with E-state index in [0.717, 1.165) is 16.8 Å². The van der Waals surface area contributed by atoms with E-state index in [1.165, 1.54) is 0 Å².